The van der Waals surface area contributed by atoms with E-state index < -0.39 is 0 Å². The molecular formula is C14H20O3. The van der Waals surface area contributed by atoms with Gasteiger partial charge in [-0.25, -0.2) is 0 Å². The van der Waals surface area contributed by atoms with Crippen LogP contribution < -0.4 is 4.74 Å². The summed E-state index contributed by atoms with van der Waals surface area (Å²) in [5.41, 5.74) is 0.575. The van der Waals surface area contributed by atoms with Gasteiger partial charge in [0.1, 0.15) is 12.4 Å². The number of methoxy groups -OCH3 is 1. The highest BCUT2D eigenvalue weighted by molar-refractivity contribution is 5.99. The van der Waals surface area contributed by atoms with Gasteiger partial charge >= 0.3 is 0 Å². The summed E-state index contributed by atoms with van der Waals surface area (Å²) >= 11 is 0. The number of carbonyl (C=O) groups excluding carboxylic acids is 1. The Balaban J connectivity index is 2.64. The van der Waals surface area contributed by atoms with Crippen LogP contribution in [0.15, 0.2) is 24.3 Å². The second-order valence-corrected chi connectivity index (χ2v) is 4.38. The van der Waals surface area contributed by atoms with Gasteiger partial charge in [-0.05, 0) is 25.0 Å². The van der Waals surface area contributed by atoms with Crippen molar-refractivity contribution < 1.29 is 14.3 Å². The highest BCUT2D eigenvalue weighted by atomic mass is 16.5. The average Bonchev–Trinajstić information content (AvgIpc) is 2.35. The number of hydrogen-bond donors (Lipinski definition) is 0. The fraction of sp³-hybridized carbons (Fsp3) is 0.500. The van der Waals surface area contributed by atoms with E-state index in [2.05, 4.69) is 13.8 Å². The Hall–Kier alpha value is -1.35. The third-order valence-corrected chi connectivity index (χ3v) is 2.82. The third-order valence-electron chi connectivity index (χ3n) is 2.82. The van der Waals surface area contributed by atoms with Gasteiger partial charge < -0.3 is 9.47 Å². The molecule has 1 rings (SSSR count). The highest BCUT2D eigenvalue weighted by Gasteiger charge is 2.14. The molecule has 0 aliphatic carbocycles. The Morgan fingerprint density at radius 1 is 1.24 bits per heavy atom. The second kappa shape index (κ2) is 6.40. The molecule has 0 radical (unpaired) electrons. The number of carbonyl (C=O) groups is 1. The largest absolute Gasteiger partial charge is 0.496 e. The molecule has 0 aliphatic heterocycles. The van der Waals surface area contributed by atoms with Gasteiger partial charge in [0.25, 0.3) is 0 Å². The van der Waals surface area contributed by atoms with Crippen LogP contribution >= 0.6 is 0 Å². The Kier molecular flexibility index (Phi) is 5.16. The minimum atomic E-state index is -0.0463. The highest BCUT2D eigenvalue weighted by Crippen LogP contribution is 2.18. The van der Waals surface area contributed by atoms with Crippen LogP contribution in [-0.2, 0) is 4.74 Å². The molecule has 0 spiro atoms. The van der Waals surface area contributed by atoms with E-state index in [1.54, 1.807) is 19.2 Å². The first-order valence-corrected chi connectivity index (χ1v) is 5.84. The van der Waals surface area contributed by atoms with Crippen LogP contribution in [0.3, 0.4) is 0 Å². The Bertz CT molecular complexity index is 371. The molecule has 1 aromatic carbocycles. The van der Waals surface area contributed by atoms with E-state index in [-0.39, 0.29) is 18.5 Å². The van der Waals surface area contributed by atoms with Crippen molar-refractivity contribution in [3.8, 4) is 5.75 Å². The van der Waals surface area contributed by atoms with Gasteiger partial charge in [-0.3, -0.25) is 4.79 Å². The molecule has 0 bridgehead atoms. The first kappa shape index (κ1) is 13.7. The normalized spacial score (nSPS) is 12.5. The zero-order chi connectivity index (χ0) is 12.8. The van der Waals surface area contributed by atoms with Crippen LogP contribution in [0.25, 0.3) is 0 Å². The number of ether oxygens (including phenoxy) is 2. The standard InChI is InChI=1S/C14H20O3/c1-10(2)11(3)17-9-13(15)12-7-5-6-8-14(12)16-4/h5-8,10-11H,9H2,1-4H3. The Morgan fingerprint density at radius 3 is 2.47 bits per heavy atom. The van der Waals surface area contributed by atoms with Crippen LogP contribution in [0.1, 0.15) is 31.1 Å². The quantitative estimate of drug-likeness (QED) is 0.712. The molecule has 0 aromatic heterocycles. The molecule has 0 heterocycles. The van der Waals surface area contributed by atoms with E-state index in [1.165, 1.54) is 0 Å². The van der Waals surface area contributed by atoms with Crippen molar-refractivity contribution in [2.24, 2.45) is 5.92 Å². The SMILES string of the molecule is COc1ccccc1C(=O)COC(C)C(C)C. The molecule has 0 N–H and O–H groups in total. The first-order chi connectivity index (χ1) is 8.06. The summed E-state index contributed by atoms with van der Waals surface area (Å²) in [6.07, 6.45) is 0.0775. The van der Waals surface area contributed by atoms with Crippen LogP contribution in [0.5, 0.6) is 5.75 Å². The van der Waals surface area contributed by atoms with E-state index in [9.17, 15) is 4.79 Å². The van der Waals surface area contributed by atoms with Crippen LogP contribution in [0.4, 0.5) is 0 Å². The van der Waals surface area contributed by atoms with Crippen molar-refractivity contribution in [3.63, 3.8) is 0 Å². The molecule has 0 saturated carbocycles. The van der Waals surface area contributed by atoms with Gasteiger partial charge in [0.15, 0.2) is 5.78 Å². The van der Waals surface area contributed by atoms with Crippen molar-refractivity contribution in [2.75, 3.05) is 13.7 Å². The minimum absolute atomic E-state index is 0.0463. The van der Waals surface area contributed by atoms with Crippen molar-refractivity contribution in [1.29, 1.82) is 0 Å². The Labute approximate surface area is 103 Å². The molecule has 0 saturated heterocycles. The van der Waals surface area contributed by atoms with E-state index in [4.69, 9.17) is 9.47 Å². The monoisotopic (exact) mass is 236 g/mol. The number of rotatable bonds is 6. The smallest absolute Gasteiger partial charge is 0.192 e. The fourth-order valence-corrected chi connectivity index (χ4v) is 1.35. The maximum atomic E-state index is 11.9. The lowest BCUT2D eigenvalue weighted by atomic mass is 10.1. The maximum Gasteiger partial charge on any atom is 0.192 e. The predicted octanol–water partition coefficient (Wildman–Crippen LogP) is 2.94. The molecular weight excluding hydrogens is 216 g/mol. The molecule has 17 heavy (non-hydrogen) atoms. The number of ketones is 1. The lowest BCUT2D eigenvalue weighted by Crippen LogP contribution is -2.20. The molecule has 1 aromatic rings. The average molecular weight is 236 g/mol. The van der Waals surface area contributed by atoms with Crippen molar-refractivity contribution in [3.05, 3.63) is 29.8 Å². The van der Waals surface area contributed by atoms with Gasteiger partial charge in [-0.15, -0.1) is 0 Å². The van der Waals surface area contributed by atoms with Gasteiger partial charge in [-0.2, -0.15) is 0 Å². The van der Waals surface area contributed by atoms with Gasteiger partial charge in [0, 0.05) is 0 Å². The van der Waals surface area contributed by atoms with E-state index >= 15 is 0 Å². The van der Waals surface area contributed by atoms with E-state index in [0.29, 0.717) is 17.2 Å². The molecule has 0 amide bonds. The summed E-state index contributed by atoms with van der Waals surface area (Å²) in [7, 11) is 1.56. The van der Waals surface area contributed by atoms with Gasteiger partial charge in [-0.1, -0.05) is 26.0 Å². The topological polar surface area (TPSA) is 35.5 Å². The van der Waals surface area contributed by atoms with Crippen LogP contribution in [-0.4, -0.2) is 25.6 Å². The predicted molar refractivity (Wildman–Crippen MR) is 67.6 cm³/mol. The lowest BCUT2D eigenvalue weighted by Gasteiger charge is -2.16. The van der Waals surface area contributed by atoms with Crippen molar-refractivity contribution >= 4 is 5.78 Å². The van der Waals surface area contributed by atoms with Gasteiger partial charge in [0.05, 0.1) is 18.8 Å². The molecule has 3 heteroatoms. The molecule has 94 valence electrons. The zero-order valence-corrected chi connectivity index (χ0v) is 10.9. The fourth-order valence-electron chi connectivity index (χ4n) is 1.35. The molecule has 1 unspecified atom stereocenters. The number of para-hydroxylation sites is 1. The van der Waals surface area contributed by atoms with Crippen molar-refractivity contribution in [2.45, 2.75) is 26.9 Å². The van der Waals surface area contributed by atoms with Crippen LogP contribution in [0, 0.1) is 5.92 Å². The van der Waals surface area contributed by atoms with Gasteiger partial charge in [0.2, 0.25) is 0 Å². The maximum absolute atomic E-state index is 11.9. The summed E-state index contributed by atoms with van der Waals surface area (Å²) < 4.78 is 10.7. The van der Waals surface area contributed by atoms with E-state index in [1.807, 2.05) is 19.1 Å². The summed E-state index contributed by atoms with van der Waals surface area (Å²) in [4.78, 5) is 11.9. The summed E-state index contributed by atoms with van der Waals surface area (Å²) in [6.45, 7) is 6.20. The summed E-state index contributed by atoms with van der Waals surface area (Å²) in [6, 6.07) is 7.19. The molecule has 0 aliphatic rings. The summed E-state index contributed by atoms with van der Waals surface area (Å²) in [5, 5.41) is 0. The van der Waals surface area contributed by atoms with Crippen LogP contribution in [0.2, 0.25) is 0 Å². The second-order valence-electron chi connectivity index (χ2n) is 4.38. The lowest BCUT2D eigenvalue weighted by molar-refractivity contribution is 0.0335. The van der Waals surface area contributed by atoms with E-state index in [0.717, 1.165) is 0 Å². The summed E-state index contributed by atoms with van der Waals surface area (Å²) in [5.74, 6) is 0.953. The molecule has 1 atom stereocenters. The zero-order valence-electron chi connectivity index (χ0n) is 10.9. The third kappa shape index (κ3) is 3.86. The van der Waals surface area contributed by atoms with Crippen molar-refractivity contribution in [1.82, 2.24) is 0 Å². The number of benzene rings is 1. The molecule has 0 fully saturated rings. The Morgan fingerprint density at radius 2 is 1.88 bits per heavy atom. The first-order valence-electron chi connectivity index (χ1n) is 5.84. The number of hydrogen-bond acceptors (Lipinski definition) is 3. The number of Topliss-reactive ketones (excluding diaryl/α,β-unsaturated/α-hetero) is 1. The molecule has 3 nitrogen and oxygen atoms in total. The minimum Gasteiger partial charge on any atom is -0.496 e.